The van der Waals surface area contributed by atoms with Gasteiger partial charge in [0.25, 0.3) is 0 Å². The molecule has 0 aliphatic carbocycles. The molecule has 1 amide bonds. The highest BCUT2D eigenvalue weighted by Gasteiger charge is 2.25. The number of hydrogen-bond acceptors (Lipinski definition) is 6. The normalized spacial score (nSPS) is 12.3. The first-order valence-corrected chi connectivity index (χ1v) is 13.5. The Balaban J connectivity index is 1.66. The predicted molar refractivity (Wildman–Crippen MR) is 151 cm³/mol. The second kappa shape index (κ2) is 12.9. The van der Waals surface area contributed by atoms with E-state index < -0.39 is 6.09 Å². The van der Waals surface area contributed by atoms with Gasteiger partial charge < -0.3 is 0 Å². The van der Waals surface area contributed by atoms with E-state index in [0.29, 0.717) is 22.8 Å². The molecular weight excluding hydrogens is 482 g/mol. The third-order valence-electron chi connectivity index (χ3n) is 6.20. The zero-order chi connectivity index (χ0) is 26.0. The Morgan fingerprint density at radius 1 is 0.919 bits per heavy atom. The molecule has 0 aliphatic rings. The smallest absolute Gasteiger partial charge is 0.297 e. The van der Waals surface area contributed by atoms with Crippen LogP contribution in [0, 0.1) is 5.92 Å². The Hall–Kier alpha value is -3.84. The number of carbonyl (C=O) groups is 2. The molecule has 0 spiro atoms. The van der Waals surface area contributed by atoms with Crippen LogP contribution in [0.15, 0.2) is 90.1 Å². The maximum absolute atomic E-state index is 13.5. The summed E-state index contributed by atoms with van der Waals surface area (Å²) in [5.41, 5.74) is 2.13. The van der Waals surface area contributed by atoms with Crippen LogP contribution in [-0.4, -0.2) is 22.6 Å². The number of aromatic nitrogens is 1. The van der Waals surface area contributed by atoms with Crippen LogP contribution >= 0.6 is 11.3 Å². The summed E-state index contributed by atoms with van der Waals surface area (Å²) in [6.45, 7) is 4.24. The largest absolute Gasteiger partial charge is 0.445 e. The number of amides is 1. The first-order chi connectivity index (χ1) is 18.1. The van der Waals surface area contributed by atoms with Crippen LogP contribution in [0.1, 0.15) is 51.0 Å². The van der Waals surface area contributed by atoms with Crippen molar-refractivity contribution in [1.29, 1.82) is 0 Å². The standard InChI is InChI=1S/C30H31N3O3S/c1-3-5-14-22(4-2)21-26(34)28(29-31-25-19-12-13-20-27(25)37-29)32-36-30(35)33(23-15-8-6-9-16-23)24-17-10-7-11-18-24/h6-13,15-20,22H,3-5,14,21H2,1-2H3/b32-28+. The molecule has 0 saturated heterocycles. The van der Waals surface area contributed by atoms with Gasteiger partial charge in [-0.2, -0.15) is 0 Å². The summed E-state index contributed by atoms with van der Waals surface area (Å²) in [4.78, 5) is 38.4. The van der Waals surface area contributed by atoms with Gasteiger partial charge in [-0.25, -0.2) is 14.7 Å². The monoisotopic (exact) mass is 513 g/mol. The minimum absolute atomic E-state index is 0.0885. The van der Waals surface area contributed by atoms with Gasteiger partial charge in [-0.3, -0.25) is 9.63 Å². The minimum atomic E-state index is -0.707. The molecule has 1 aromatic heterocycles. The summed E-state index contributed by atoms with van der Waals surface area (Å²) in [5.74, 6) is 0.0775. The highest BCUT2D eigenvalue weighted by atomic mass is 32.1. The van der Waals surface area contributed by atoms with Gasteiger partial charge in [0.15, 0.2) is 11.5 Å². The van der Waals surface area contributed by atoms with Crippen molar-refractivity contribution in [3.63, 3.8) is 0 Å². The number of Topliss-reactive ketones (excluding diaryl/α,β-unsaturated/α-hetero) is 1. The van der Waals surface area contributed by atoms with Crippen LogP contribution < -0.4 is 4.90 Å². The van der Waals surface area contributed by atoms with E-state index in [0.717, 1.165) is 35.9 Å². The molecule has 1 unspecified atom stereocenters. The maximum Gasteiger partial charge on any atom is 0.445 e. The number of ketones is 1. The van der Waals surface area contributed by atoms with E-state index in [9.17, 15) is 9.59 Å². The fraction of sp³-hybridized carbons (Fsp3) is 0.267. The van der Waals surface area contributed by atoms with E-state index >= 15 is 0 Å². The van der Waals surface area contributed by atoms with E-state index in [1.165, 1.54) is 16.2 Å². The number of fused-ring (bicyclic) bond motifs is 1. The SMILES string of the molecule is CCCCC(CC)CC(=O)/C(=N\OC(=O)N(c1ccccc1)c1ccccc1)c1nc2ccccc2s1. The van der Waals surface area contributed by atoms with E-state index in [1.54, 1.807) is 0 Å². The van der Waals surface area contributed by atoms with E-state index in [2.05, 4.69) is 24.0 Å². The third kappa shape index (κ3) is 6.68. The van der Waals surface area contributed by atoms with Crippen molar-refractivity contribution in [3.05, 3.63) is 89.9 Å². The van der Waals surface area contributed by atoms with E-state index in [4.69, 9.17) is 4.84 Å². The molecule has 7 heteroatoms. The average Bonchev–Trinajstić information content (AvgIpc) is 3.36. The lowest BCUT2D eigenvalue weighted by atomic mass is 9.92. The molecule has 0 bridgehead atoms. The Kier molecular flexibility index (Phi) is 9.16. The number of benzene rings is 3. The third-order valence-corrected chi connectivity index (χ3v) is 7.25. The quantitative estimate of drug-likeness (QED) is 0.115. The van der Waals surface area contributed by atoms with Crippen molar-refractivity contribution < 1.29 is 14.4 Å². The van der Waals surface area contributed by atoms with Crippen LogP contribution in [0.3, 0.4) is 0 Å². The summed E-state index contributed by atoms with van der Waals surface area (Å²) >= 11 is 1.37. The van der Waals surface area contributed by atoms with Crippen molar-refractivity contribution in [2.75, 3.05) is 4.90 Å². The summed E-state index contributed by atoms with van der Waals surface area (Å²) in [5, 5.41) is 4.61. The van der Waals surface area contributed by atoms with Crippen LogP contribution in [-0.2, 0) is 9.63 Å². The molecule has 6 nitrogen and oxygen atoms in total. The topological polar surface area (TPSA) is 71.9 Å². The van der Waals surface area contributed by atoms with Crippen molar-refractivity contribution in [2.45, 2.75) is 46.0 Å². The first-order valence-electron chi connectivity index (χ1n) is 12.7. The second-order valence-electron chi connectivity index (χ2n) is 8.83. The molecule has 4 aromatic rings. The number of unbranched alkanes of at least 4 members (excludes halogenated alkanes) is 1. The number of para-hydroxylation sites is 3. The lowest BCUT2D eigenvalue weighted by Gasteiger charge is -2.20. The Labute approximate surface area is 221 Å². The van der Waals surface area contributed by atoms with Gasteiger partial charge in [0.1, 0.15) is 5.01 Å². The fourth-order valence-electron chi connectivity index (χ4n) is 4.12. The Morgan fingerprint density at radius 2 is 1.54 bits per heavy atom. The Morgan fingerprint density at radius 3 is 2.14 bits per heavy atom. The van der Waals surface area contributed by atoms with Gasteiger partial charge in [0.2, 0.25) is 0 Å². The second-order valence-corrected chi connectivity index (χ2v) is 9.86. The van der Waals surface area contributed by atoms with Gasteiger partial charge in [0, 0.05) is 6.42 Å². The van der Waals surface area contributed by atoms with Gasteiger partial charge in [-0.1, -0.05) is 93.2 Å². The molecule has 0 radical (unpaired) electrons. The molecule has 1 atom stereocenters. The number of rotatable bonds is 11. The number of anilines is 2. The molecule has 190 valence electrons. The maximum atomic E-state index is 13.5. The average molecular weight is 514 g/mol. The summed E-state index contributed by atoms with van der Waals surface area (Å²) in [6, 6.07) is 26.1. The molecule has 0 aliphatic heterocycles. The van der Waals surface area contributed by atoms with E-state index in [-0.39, 0.29) is 17.4 Å². The van der Waals surface area contributed by atoms with E-state index in [1.807, 2.05) is 84.9 Å². The van der Waals surface area contributed by atoms with Crippen molar-refractivity contribution in [1.82, 2.24) is 4.98 Å². The zero-order valence-electron chi connectivity index (χ0n) is 21.2. The highest BCUT2D eigenvalue weighted by molar-refractivity contribution is 7.21. The lowest BCUT2D eigenvalue weighted by molar-refractivity contribution is -0.113. The van der Waals surface area contributed by atoms with Crippen molar-refractivity contribution >= 4 is 50.5 Å². The molecule has 37 heavy (non-hydrogen) atoms. The number of carbonyl (C=O) groups excluding carboxylic acids is 2. The summed E-state index contributed by atoms with van der Waals surface area (Å²) < 4.78 is 0.942. The molecule has 0 fully saturated rings. The number of hydrogen-bond donors (Lipinski definition) is 0. The zero-order valence-corrected chi connectivity index (χ0v) is 22.0. The summed E-state index contributed by atoms with van der Waals surface area (Å²) in [7, 11) is 0. The number of nitrogens with zero attached hydrogens (tertiary/aromatic N) is 3. The molecule has 0 N–H and O–H groups in total. The van der Waals surface area contributed by atoms with Gasteiger partial charge in [-0.15, -0.1) is 11.3 Å². The lowest BCUT2D eigenvalue weighted by Crippen LogP contribution is -2.27. The van der Waals surface area contributed by atoms with Crippen LogP contribution in [0.4, 0.5) is 16.2 Å². The van der Waals surface area contributed by atoms with Gasteiger partial charge >= 0.3 is 6.09 Å². The highest BCUT2D eigenvalue weighted by Crippen LogP contribution is 2.27. The minimum Gasteiger partial charge on any atom is -0.297 e. The summed E-state index contributed by atoms with van der Waals surface area (Å²) in [6.07, 6.45) is 3.65. The number of thiazole rings is 1. The molecular formula is C30H31N3O3S. The fourth-order valence-corrected chi connectivity index (χ4v) is 5.09. The van der Waals surface area contributed by atoms with Gasteiger partial charge in [0.05, 0.1) is 21.6 Å². The Bertz CT molecular complexity index is 1280. The van der Waals surface area contributed by atoms with Crippen LogP contribution in [0.5, 0.6) is 0 Å². The molecule has 0 saturated carbocycles. The predicted octanol–water partition coefficient (Wildman–Crippen LogP) is 8.15. The molecule has 3 aromatic carbocycles. The molecule has 4 rings (SSSR count). The molecule has 1 heterocycles. The number of oxime groups is 1. The van der Waals surface area contributed by atoms with Crippen LogP contribution in [0.25, 0.3) is 10.2 Å². The van der Waals surface area contributed by atoms with Gasteiger partial charge in [-0.05, 0) is 42.3 Å². The van der Waals surface area contributed by atoms with Crippen molar-refractivity contribution in [3.8, 4) is 0 Å². The van der Waals surface area contributed by atoms with Crippen molar-refractivity contribution in [2.24, 2.45) is 11.1 Å². The first kappa shape index (κ1) is 26.2. The van der Waals surface area contributed by atoms with Crippen LogP contribution in [0.2, 0.25) is 0 Å².